The average Bonchev–Trinajstić information content (AvgIpc) is 2.80. The lowest BCUT2D eigenvalue weighted by Crippen LogP contribution is -2.01. The number of rotatable bonds is 25. The second-order valence-electron chi connectivity index (χ2n) is 9.91. The number of unbranched alkanes of at least 4 members (excludes halogenated alkanes) is 13. The van der Waals surface area contributed by atoms with E-state index in [9.17, 15) is 0 Å². The largest absolute Gasteiger partial charge is 0.0885 e. The van der Waals surface area contributed by atoms with Gasteiger partial charge < -0.3 is 0 Å². The van der Waals surface area contributed by atoms with Crippen LogP contribution in [0.15, 0.2) is 36.5 Å². The fraction of sp³-hybridized carbons (Fsp3) is 0.812. The summed E-state index contributed by atoms with van der Waals surface area (Å²) in [6, 6.07) is 0. The van der Waals surface area contributed by atoms with Crippen LogP contribution < -0.4 is 0 Å². The fourth-order valence-corrected chi connectivity index (χ4v) is 4.42. The van der Waals surface area contributed by atoms with Gasteiger partial charge in [-0.2, -0.15) is 0 Å². The Morgan fingerprint density at radius 3 is 0.969 bits per heavy atom. The lowest BCUT2D eigenvalue weighted by atomic mass is 9.90. The standard InChI is InChI=1S/C32H60/c1-4-7-10-13-16-19-22-25-28-31-32(29-26-23-20-17-14-11-8-5-2)30-27-24-21-18-15-12-9-6-3/h16-21,32H,4-15,22-31H2,1-3H3/b19-16?,20-17-,21-18?. The van der Waals surface area contributed by atoms with Gasteiger partial charge in [-0.25, -0.2) is 0 Å². The Balaban J connectivity index is 4.04. The SMILES string of the molecule is CCCCCC=CCCCCC(CCCC=CCCCCC)CCC/C=C\CCCCC. The van der Waals surface area contributed by atoms with E-state index in [1.54, 1.807) is 0 Å². The molecule has 0 aromatic heterocycles. The molecule has 0 saturated heterocycles. The maximum Gasteiger partial charge on any atom is -0.0351 e. The van der Waals surface area contributed by atoms with Gasteiger partial charge >= 0.3 is 0 Å². The van der Waals surface area contributed by atoms with Crippen LogP contribution in [0.1, 0.15) is 162 Å². The first-order chi connectivity index (χ1) is 15.8. The zero-order valence-electron chi connectivity index (χ0n) is 22.6. The van der Waals surface area contributed by atoms with E-state index >= 15 is 0 Å². The monoisotopic (exact) mass is 444 g/mol. The van der Waals surface area contributed by atoms with Crippen molar-refractivity contribution >= 4 is 0 Å². The smallest absolute Gasteiger partial charge is 0.0351 e. The molecular weight excluding hydrogens is 384 g/mol. The van der Waals surface area contributed by atoms with E-state index in [1.165, 1.54) is 141 Å². The highest BCUT2D eigenvalue weighted by Gasteiger charge is 2.07. The first kappa shape index (κ1) is 31.2. The van der Waals surface area contributed by atoms with E-state index in [4.69, 9.17) is 0 Å². The normalized spacial score (nSPS) is 13.2. The van der Waals surface area contributed by atoms with Gasteiger partial charge in [-0.1, -0.05) is 121 Å². The number of hydrogen-bond donors (Lipinski definition) is 0. The third-order valence-electron chi connectivity index (χ3n) is 6.62. The molecule has 0 aliphatic carbocycles. The molecule has 0 radical (unpaired) electrons. The molecule has 188 valence electrons. The van der Waals surface area contributed by atoms with Crippen LogP contribution in [-0.2, 0) is 0 Å². The van der Waals surface area contributed by atoms with Gasteiger partial charge in [-0.05, 0) is 83.0 Å². The third kappa shape index (κ3) is 25.5. The minimum atomic E-state index is 0.950. The Hall–Kier alpha value is -0.780. The topological polar surface area (TPSA) is 0 Å². The van der Waals surface area contributed by atoms with Gasteiger partial charge in [0.05, 0.1) is 0 Å². The summed E-state index contributed by atoms with van der Waals surface area (Å²) in [5.41, 5.74) is 0. The summed E-state index contributed by atoms with van der Waals surface area (Å²) < 4.78 is 0. The number of hydrogen-bond acceptors (Lipinski definition) is 0. The Morgan fingerprint density at radius 2 is 0.625 bits per heavy atom. The minimum Gasteiger partial charge on any atom is -0.0885 e. The molecular formula is C32H60. The van der Waals surface area contributed by atoms with Gasteiger partial charge in [0.1, 0.15) is 0 Å². The molecule has 0 amide bonds. The highest BCUT2D eigenvalue weighted by atomic mass is 14.1. The molecule has 0 aliphatic heterocycles. The summed E-state index contributed by atoms with van der Waals surface area (Å²) >= 11 is 0. The summed E-state index contributed by atoms with van der Waals surface area (Å²) in [5.74, 6) is 0.950. The van der Waals surface area contributed by atoms with Crippen LogP contribution in [0.5, 0.6) is 0 Å². The van der Waals surface area contributed by atoms with Crippen molar-refractivity contribution in [2.75, 3.05) is 0 Å². The zero-order chi connectivity index (χ0) is 23.4. The molecule has 0 rings (SSSR count). The van der Waals surface area contributed by atoms with Gasteiger partial charge in [-0.3, -0.25) is 0 Å². The Bertz CT molecular complexity index is 388. The van der Waals surface area contributed by atoms with Crippen molar-refractivity contribution < 1.29 is 0 Å². The second kappa shape index (κ2) is 28.3. The quantitative estimate of drug-likeness (QED) is 0.0969. The van der Waals surface area contributed by atoms with Crippen molar-refractivity contribution in [2.45, 2.75) is 162 Å². The molecule has 0 heteroatoms. The van der Waals surface area contributed by atoms with E-state index < -0.39 is 0 Å². The van der Waals surface area contributed by atoms with E-state index in [2.05, 4.69) is 57.2 Å². The first-order valence-corrected chi connectivity index (χ1v) is 14.8. The molecule has 1 atom stereocenters. The minimum absolute atomic E-state index is 0.950. The van der Waals surface area contributed by atoms with E-state index in [0.29, 0.717) is 0 Å². The molecule has 0 heterocycles. The van der Waals surface area contributed by atoms with Crippen LogP contribution >= 0.6 is 0 Å². The Morgan fingerprint density at radius 1 is 0.344 bits per heavy atom. The Kier molecular flexibility index (Phi) is 27.6. The maximum atomic E-state index is 2.45. The van der Waals surface area contributed by atoms with E-state index in [-0.39, 0.29) is 0 Å². The Labute approximate surface area is 204 Å². The molecule has 0 saturated carbocycles. The summed E-state index contributed by atoms with van der Waals surface area (Å²) in [5, 5.41) is 0. The van der Waals surface area contributed by atoms with Gasteiger partial charge in [0.2, 0.25) is 0 Å². The summed E-state index contributed by atoms with van der Waals surface area (Å²) in [7, 11) is 0. The van der Waals surface area contributed by atoms with Crippen molar-refractivity contribution in [3.05, 3.63) is 36.5 Å². The van der Waals surface area contributed by atoms with E-state index in [1.807, 2.05) is 0 Å². The van der Waals surface area contributed by atoms with Crippen LogP contribution in [0, 0.1) is 5.92 Å². The van der Waals surface area contributed by atoms with Crippen molar-refractivity contribution in [1.29, 1.82) is 0 Å². The molecule has 0 fully saturated rings. The number of allylic oxidation sites excluding steroid dienone is 6. The van der Waals surface area contributed by atoms with Crippen molar-refractivity contribution in [3.63, 3.8) is 0 Å². The zero-order valence-corrected chi connectivity index (χ0v) is 22.6. The van der Waals surface area contributed by atoms with Crippen LogP contribution in [0.3, 0.4) is 0 Å². The van der Waals surface area contributed by atoms with Crippen LogP contribution in [0.2, 0.25) is 0 Å². The van der Waals surface area contributed by atoms with Gasteiger partial charge in [0, 0.05) is 0 Å². The van der Waals surface area contributed by atoms with Crippen molar-refractivity contribution in [1.82, 2.24) is 0 Å². The molecule has 32 heavy (non-hydrogen) atoms. The average molecular weight is 445 g/mol. The van der Waals surface area contributed by atoms with Gasteiger partial charge in [-0.15, -0.1) is 0 Å². The predicted molar refractivity (Wildman–Crippen MR) is 150 cm³/mol. The highest BCUT2D eigenvalue weighted by molar-refractivity contribution is 4.84. The second-order valence-corrected chi connectivity index (χ2v) is 9.91. The summed E-state index contributed by atoms with van der Waals surface area (Å²) in [6.45, 7) is 6.86. The van der Waals surface area contributed by atoms with Gasteiger partial charge in [0.25, 0.3) is 0 Å². The van der Waals surface area contributed by atoms with Crippen molar-refractivity contribution in [3.8, 4) is 0 Å². The fourth-order valence-electron chi connectivity index (χ4n) is 4.42. The molecule has 0 N–H and O–H groups in total. The van der Waals surface area contributed by atoms with Crippen LogP contribution in [0.4, 0.5) is 0 Å². The summed E-state index contributed by atoms with van der Waals surface area (Å²) in [6.07, 6.45) is 44.5. The molecule has 0 spiro atoms. The molecule has 0 aliphatic rings. The van der Waals surface area contributed by atoms with Crippen molar-refractivity contribution in [2.24, 2.45) is 5.92 Å². The summed E-state index contributed by atoms with van der Waals surface area (Å²) in [4.78, 5) is 0. The lowest BCUT2D eigenvalue weighted by molar-refractivity contribution is 0.385. The molecule has 0 aromatic rings. The molecule has 0 bridgehead atoms. The van der Waals surface area contributed by atoms with Crippen LogP contribution in [0.25, 0.3) is 0 Å². The molecule has 1 unspecified atom stereocenters. The van der Waals surface area contributed by atoms with Crippen LogP contribution in [-0.4, -0.2) is 0 Å². The maximum absolute atomic E-state index is 2.45. The molecule has 0 aromatic carbocycles. The lowest BCUT2D eigenvalue weighted by Gasteiger charge is -2.16. The third-order valence-corrected chi connectivity index (χ3v) is 6.62. The van der Waals surface area contributed by atoms with E-state index in [0.717, 1.165) is 5.92 Å². The first-order valence-electron chi connectivity index (χ1n) is 14.8. The molecule has 0 nitrogen and oxygen atoms in total. The van der Waals surface area contributed by atoms with Gasteiger partial charge in [0.15, 0.2) is 0 Å². The highest BCUT2D eigenvalue weighted by Crippen LogP contribution is 2.23. The predicted octanol–water partition coefficient (Wildman–Crippen LogP) is 11.9.